The van der Waals surface area contributed by atoms with Gasteiger partial charge in [-0.05, 0) is 27.7 Å². The standard InChI is InChI=1S/C13H20F6O6P2/c1-5-22-26(20,23-6-2)9-10(27(21,24-7-3)25-8-4)12(16,17)13(18,19)11(9,14)15/h5-8H2,1-4H3. The molecule has 0 bridgehead atoms. The molecule has 6 nitrogen and oxygen atoms in total. The first-order chi connectivity index (χ1) is 12.2. The summed E-state index contributed by atoms with van der Waals surface area (Å²) in [5.74, 6) is -17.5. The van der Waals surface area contributed by atoms with Gasteiger partial charge in [0.05, 0.1) is 26.4 Å². The third-order valence-corrected chi connectivity index (χ3v) is 8.02. The lowest BCUT2D eigenvalue weighted by Gasteiger charge is -2.27. The quantitative estimate of drug-likeness (QED) is 0.318. The molecule has 0 atom stereocenters. The van der Waals surface area contributed by atoms with Gasteiger partial charge in [-0.2, -0.15) is 26.3 Å². The SMILES string of the molecule is CCOP(=O)(OCC)C1=C(P(=O)(OCC)OCC)C(F)(F)C(F)(F)C1(F)F. The lowest BCUT2D eigenvalue weighted by atomic mass is 10.2. The van der Waals surface area contributed by atoms with Crippen molar-refractivity contribution in [1.82, 2.24) is 0 Å². The van der Waals surface area contributed by atoms with Gasteiger partial charge in [0.15, 0.2) is 0 Å². The van der Waals surface area contributed by atoms with Crippen molar-refractivity contribution in [2.24, 2.45) is 0 Å². The lowest BCUT2D eigenvalue weighted by molar-refractivity contribution is -0.262. The average Bonchev–Trinajstić information content (AvgIpc) is 2.63. The number of alkyl halides is 6. The molecule has 0 radical (unpaired) electrons. The zero-order valence-electron chi connectivity index (χ0n) is 14.9. The van der Waals surface area contributed by atoms with E-state index in [1.165, 1.54) is 0 Å². The van der Waals surface area contributed by atoms with Crippen molar-refractivity contribution < 1.29 is 53.6 Å². The largest absolute Gasteiger partial charge is 0.381 e. The highest BCUT2D eigenvalue weighted by Gasteiger charge is 2.85. The fraction of sp³-hybridized carbons (Fsp3) is 0.846. The highest BCUT2D eigenvalue weighted by Crippen LogP contribution is 2.79. The first-order valence-corrected chi connectivity index (χ1v) is 11.0. The van der Waals surface area contributed by atoms with Gasteiger partial charge in [0, 0.05) is 0 Å². The van der Waals surface area contributed by atoms with E-state index in [9.17, 15) is 35.5 Å². The van der Waals surface area contributed by atoms with E-state index >= 15 is 0 Å². The van der Waals surface area contributed by atoms with Gasteiger partial charge in [-0.25, -0.2) is 0 Å². The summed E-state index contributed by atoms with van der Waals surface area (Å²) in [4.78, 5) is 0. The molecule has 160 valence electrons. The van der Waals surface area contributed by atoms with Crippen LogP contribution in [0.1, 0.15) is 27.7 Å². The van der Waals surface area contributed by atoms with E-state index in [1.807, 2.05) is 0 Å². The lowest BCUT2D eigenvalue weighted by Crippen LogP contribution is -2.49. The fourth-order valence-electron chi connectivity index (χ4n) is 2.41. The monoisotopic (exact) mass is 448 g/mol. The summed E-state index contributed by atoms with van der Waals surface area (Å²) in [7, 11) is -10.8. The highest BCUT2D eigenvalue weighted by molar-refractivity contribution is 7.63. The second-order valence-corrected chi connectivity index (χ2v) is 9.00. The van der Waals surface area contributed by atoms with E-state index < -0.39 is 70.0 Å². The van der Waals surface area contributed by atoms with Crippen LogP contribution in [0.4, 0.5) is 26.3 Å². The molecule has 0 fully saturated rings. The van der Waals surface area contributed by atoms with E-state index in [4.69, 9.17) is 0 Å². The molecule has 0 saturated heterocycles. The van der Waals surface area contributed by atoms with Gasteiger partial charge in [0.1, 0.15) is 10.6 Å². The molecule has 1 aliphatic rings. The molecule has 0 aromatic heterocycles. The minimum absolute atomic E-state index is 0.602. The van der Waals surface area contributed by atoms with Gasteiger partial charge >= 0.3 is 33.0 Å². The smallest absolute Gasteiger partial charge is 0.306 e. The maximum absolute atomic E-state index is 14.4. The van der Waals surface area contributed by atoms with Gasteiger partial charge in [-0.15, -0.1) is 0 Å². The van der Waals surface area contributed by atoms with Crippen molar-refractivity contribution in [2.75, 3.05) is 26.4 Å². The number of hydrogen-bond donors (Lipinski definition) is 0. The first kappa shape index (κ1) is 24.7. The van der Waals surface area contributed by atoms with Crippen molar-refractivity contribution in [1.29, 1.82) is 0 Å². The molecule has 0 amide bonds. The van der Waals surface area contributed by atoms with Crippen LogP contribution in [0, 0.1) is 0 Å². The van der Waals surface area contributed by atoms with E-state index in [0.717, 1.165) is 27.7 Å². The zero-order valence-corrected chi connectivity index (χ0v) is 16.7. The van der Waals surface area contributed by atoms with Crippen LogP contribution >= 0.6 is 15.2 Å². The van der Waals surface area contributed by atoms with Crippen molar-refractivity contribution in [3.8, 4) is 0 Å². The van der Waals surface area contributed by atoms with Crippen LogP contribution in [0.5, 0.6) is 0 Å². The minimum atomic E-state index is -6.07. The Bertz CT molecular complexity index is 606. The second kappa shape index (κ2) is 8.16. The molecule has 0 aromatic rings. The van der Waals surface area contributed by atoms with Crippen molar-refractivity contribution in [2.45, 2.75) is 45.5 Å². The first-order valence-electron chi connectivity index (χ1n) is 7.91. The molecular weight excluding hydrogens is 428 g/mol. The highest BCUT2D eigenvalue weighted by atomic mass is 31.2. The van der Waals surface area contributed by atoms with Gasteiger partial charge in [0.25, 0.3) is 0 Å². The number of allylic oxidation sites excluding steroid dienone is 2. The Morgan fingerprint density at radius 2 is 0.852 bits per heavy atom. The molecule has 1 rings (SSSR count). The molecule has 0 unspecified atom stereocenters. The molecule has 0 N–H and O–H groups in total. The van der Waals surface area contributed by atoms with Crippen molar-refractivity contribution in [3.05, 3.63) is 10.6 Å². The summed E-state index contributed by atoms with van der Waals surface area (Å²) >= 11 is 0. The predicted octanol–water partition coefficient (Wildman–Crippen LogP) is 5.65. The summed E-state index contributed by atoms with van der Waals surface area (Å²) in [6, 6.07) is 0. The second-order valence-electron chi connectivity index (χ2n) is 5.09. The van der Waals surface area contributed by atoms with Crippen molar-refractivity contribution >= 4 is 15.2 Å². The number of hydrogen-bond acceptors (Lipinski definition) is 6. The Balaban J connectivity index is 4.03. The maximum Gasteiger partial charge on any atom is 0.381 e. The molecule has 0 saturated carbocycles. The van der Waals surface area contributed by atoms with Crippen LogP contribution in [0.25, 0.3) is 0 Å². The van der Waals surface area contributed by atoms with E-state index in [1.54, 1.807) is 0 Å². The Morgan fingerprint density at radius 3 is 1.04 bits per heavy atom. The van der Waals surface area contributed by atoms with E-state index in [-0.39, 0.29) is 0 Å². The van der Waals surface area contributed by atoms with Crippen LogP contribution in [-0.4, -0.2) is 44.2 Å². The van der Waals surface area contributed by atoms with Crippen LogP contribution in [0.2, 0.25) is 0 Å². The summed E-state index contributed by atoms with van der Waals surface area (Å²) in [5.41, 5.74) is 0. The average molecular weight is 448 g/mol. The zero-order chi connectivity index (χ0) is 21.3. The third kappa shape index (κ3) is 3.76. The topological polar surface area (TPSA) is 71.1 Å². The fourth-order valence-corrected chi connectivity index (χ4v) is 6.94. The molecule has 1 aliphatic carbocycles. The Hall–Kier alpha value is -0.380. The summed E-state index contributed by atoms with van der Waals surface area (Å²) < 4.78 is 130. The Morgan fingerprint density at radius 1 is 0.630 bits per heavy atom. The molecule has 0 aromatic carbocycles. The summed E-state index contributed by atoms with van der Waals surface area (Å²) in [6.07, 6.45) is 0. The number of rotatable bonds is 10. The summed E-state index contributed by atoms with van der Waals surface area (Å²) in [6.45, 7) is 2.20. The molecular formula is C13H20F6O6P2. The Labute approximate surface area is 152 Å². The summed E-state index contributed by atoms with van der Waals surface area (Å²) in [5, 5.41) is -4.78. The third-order valence-electron chi connectivity index (χ3n) is 3.35. The number of halogens is 6. The van der Waals surface area contributed by atoms with Crippen LogP contribution in [0.15, 0.2) is 10.6 Å². The van der Waals surface area contributed by atoms with E-state index in [0.29, 0.717) is 0 Å². The normalized spacial score (nSPS) is 21.7. The van der Waals surface area contributed by atoms with Crippen LogP contribution in [0.3, 0.4) is 0 Å². The molecule has 14 heteroatoms. The van der Waals surface area contributed by atoms with Crippen molar-refractivity contribution in [3.63, 3.8) is 0 Å². The molecule has 0 spiro atoms. The molecule has 0 aliphatic heterocycles. The molecule has 0 heterocycles. The van der Waals surface area contributed by atoms with Gasteiger partial charge in [0.2, 0.25) is 0 Å². The maximum atomic E-state index is 14.4. The molecule has 27 heavy (non-hydrogen) atoms. The van der Waals surface area contributed by atoms with Gasteiger partial charge in [-0.1, -0.05) is 0 Å². The van der Waals surface area contributed by atoms with Crippen LogP contribution < -0.4 is 0 Å². The van der Waals surface area contributed by atoms with Gasteiger partial charge in [-0.3, -0.25) is 9.13 Å². The minimum Gasteiger partial charge on any atom is -0.306 e. The van der Waals surface area contributed by atoms with Crippen LogP contribution in [-0.2, 0) is 27.2 Å². The van der Waals surface area contributed by atoms with Gasteiger partial charge < -0.3 is 18.1 Å². The Kier molecular flexibility index (Phi) is 7.45. The predicted molar refractivity (Wildman–Crippen MR) is 83.6 cm³/mol. The van der Waals surface area contributed by atoms with E-state index in [2.05, 4.69) is 18.1 Å².